The summed E-state index contributed by atoms with van der Waals surface area (Å²) in [5.74, 6) is 1.08. The Morgan fingerprint density at radius 3 is 2.55 bits per heavy atom. The molecule has 0 radical (unpaired) electrons. The first kappa shape index (κ1) is 15.6. The summed E-state index contributed by atoms with van der Waals surface area (Å²) in [6.45, 7) is 3.64. The van der Waals surface area contributed by atoms with Gasteiger partial charge in [0.1, 0.15) is 0 Å². The van der Waals surface area contributed by atoms with Crippen molar-refractivity contribution < 1.29 is 9.59 Å². The molecule has 4 nitrogen and oxygen atoms in total. The number of allylic oxidation sites excluding steroid dienone is 1. The average Bonchev–Trinajstić information content (AvgIpc) is 3.25. The lowest BCUT2D eigenvalue weighted by Crippen LogP contribution is -2.40. The van der Waals surface area contributed by atoms with Crippen LogP contribution >= 0.6 is 0 Å². The molecule has 4 heteroatoms. The van der Waals surface area contributed by atoms with Gasteiger partial charge >= 0.3 is 0 Å². The van der Waals surface area contributed by atoms with E-state index < -0.39 is 0 Å². The molecule has 2 saturated heterocycles. The van der Waals surface area contributed by atoms with Crippen LogP contribution in [-0.4, -0.2) is 47.8 Å². The van der Waals surface area contributed by atoms with Crippen molar-refractivity contribution in [1.82, 2.24) is 9.80 Å². The zero-order valence-corrected chi connectivity index (χ0v) is 13.6. The van der Waals surface area contributed by atoms with Gasteiger partial charge in [0.15, 0.2) is 0 Å². The van der Waals surface area contributed by atoms with Crippen molar-refractivity contribution in [3.05, 3.63) is 11.6 Å². The molecule has 3 aliphatic rings. The van der Waals surface area contributed by atoms with Crippen molar-refractivity contribution in [2.45, 2.75) is 57.8 Å². The molecule has 1 aliphatic carbocycles. The normalized spacial score (nSPS) is 25.5. The van der Waals surface area contributed by atoms with Gasteiger partial charge < -0.3 is 9.80 Å². The van der Waals surface area contributed by atoms with Crippen LogP contribution in [0.3, 0.4) is 0 Å². The first-order valence-corrected chi connectivity index (χ1v) is 9.00. The smallest absolute Gasteiger partial charge is 0.249 e. The summed E-state index contributed by atoms with van der Waals surface area (Å²) in [4.78, 5) is 28.7. The third-order valence-electron chi connectivity index (χ3n) is 5.35. The van der Waals surface area contributed by atoms with Crippen LogP contribution in [0.25, 0.3) is 0 Å². The highest BCUT2D eigenvalue weighted by molar-refractivity contribution is 5.93. The van der Waals surface area contributed by atoms with E-state index >= 15 is 0 Å². The molecule has 22 heavy (non-hydrogen) atoms. The molecule has 2 heterocycles. The molecule has 0 saturated carbocycles. The van der Waals surface area contributed by atoms with Gasteiger partial charge in [-0.15, -0.1) is 0 Å². The first-order valence-electron chi connectivity index (χ1n) is 9.00. The van der Waals surface area contributed by atoms with Gasteiger partial charge in [-0.2, -0.15) is 0 Å². The highest BCUT2D eigenvalue weighted by Gasteiger charge is 2.27. The second kappa shape index (κ2) is 7.30. The predicted molar refractivity (Wildman–Crippen MR) is 86.3 cm³/mol. The first-order chi connectivity index (χ1) is 10.7. The Bertz CT molecular complexity index is 452. The average molecular weight is 304 g/mol. The molecule has 2 fully saturated rings. The number of likely N-dealkylation sites (tertiary alicyclic amines) is 2. The van der Waals surface area contributed by atoms with Crippen molar-refractivity contribution >= 4 is 11.8 Å². The van der Waals surface area contributed by atoms with Crippen LogP contribution < -0.4 is 0 Å². The highest BCUT2D eigenvalue weighted by Crippen LogP contribution is 2.26. The maximum Gasteiger partial charge on any atom is 0.249 e. The number of rotatable bonds is 4. The van der Waals surface area contributed by atoms with Crippen molar-refractivity contribution in [1.29, 1.82) is 0 Å². The largest absolute Gasteiger partial charge is 0.343 e. The molecule has 0 spiro atoms. The van der Waals surface area contributed by atoms with Gasteiger partial charge in [0, 0.05) is 38.2 Å². The lowest BCUT2D eigenvalue weighted by molar-refractivity contribution is -0.130. The molecule has 0 N–H and O–H groups in total. The number of amides is 2. The maximum atomic E-state index is 12.5. The van der Waals surface area contributed by atoms with Crippen molar-refractivity contribution in [2.75, 3.05) is 26.2 Å². The van der Waals surface area contributed by atoms with Crippen LogP contribution in [0.15, 0.2) is 11.6 Å². The van der Waals surface area contributed by atoms with E-state index in [1.54, 1.807) is 0 Å². The number of piperidine rings is 1. The van der Waals surface area contributed by atoms with E-state index in [9.17, 15) is 9.59 Å². The van der Waals surface area contributed by atoms with E-state index in [4.69, 9.17) is 0 Å². The standard InChI is InChI=1S/C18H28N2O2/c21-17(19-11-3-4-12-19)10-9-15-6-5-13-20(14-15)18(22)16-7-1-2-8-16/h7,15H,1-6,8-14H2/t15-/m0/s1. The van der Waals surface area contributed by atoms with Crippen LogP contribution in [0.1, 0.15) is 57.8 Å². The fourth-order valence-corrected chi connectivity index (χ4v) is 4.01. The maximum absolute atomic E-state index is 12.5. The Morgan fingerprint density at radius 1 is 1.05 bits per heavy atom. The zero-order valence-electron chi connectivity index (χ0n) is 13.6. The Labute approximate surface area is 133 Å². The van der Waals surface area contributed by atoms with Crippen molar-refractivity contribution in [2.24, 2.45) is 5.92 Å². The fourth-order valence-electron chi connectivity index (χ4n) is 4.01. The third kappa shape index (κ3) is 3.71. The summed E-state index contributed by atoms with van der Waals surface area (Å²) in [5, 5.41) is 0. The molecule has 0 aromatic carbocycles. The number of carbonyl (C=O) groups is 2. The molecule has 3 rings (SSSR count). The molecular weight excluding hydrogens is 276 g/mol. The van der Waals surface area contributed by atoms with Gasteiger partial charge in [-0.3, -0.25) is 9.59 Å². The summed E-state index contributed by atoms with van der Waals surface area (Å²) in [7, 11) is 0. The topological polar surface area (TPSA) is 40.6 Å². The molecule has 0 bridgehead atoms. The minimum atomic E-state index is 0.257. The van der Waals surface area contributed by atoms with Gasteiger partial charge in [0.2, 0.25) is 11.8 Å². The van der Waals surface area contributed by atoms with Gasteiger partial charge in [-0.1, -0.05) is 6.08 Å². The minimum Gasteiger partial charge on any atom is -0.343 e. The SMILES string of the molecule is O=C(CC[C@@H]1CCCN(C(=O)C2=CCCC2)C1)N1CCCC1. The number of carbonyl (C=O) groups excluding carboxylic acids is 2. The van der Waals surface area contributed by atoms with Gasteiger partial charge in [-0.05, 0) is 57.3 Å². The summed E-state index contributed by atoms with van der Waals surface area (Å²) < 4.78 is 0. The van der Waals surface area contributed by atoms with Crippen LogP contribution in [0.5, 0.6) is 0 Å². The van der Waals surface area contributed by atoms with Gasteiger partial charge in [-0.25, -0.2) is 0 Å². The molecule has 2 aliphatic heterocycles. The van der Waals surface area contributed by atoms with Crippen molar-refractivity contribution in [3.63, 3.8) is 0 Å². The summed E-state index contributed by atoms with van der Waals surface area (Å²) >= 11 is 0. The van der Waals surface area contributed by atoms with E-state index in [2.05, 4.69) is 6.08 Å². The predicted octanol–water partition coefficient (Wildman–Crippen LogP) is 2.74. The number of hydrogen-bond donors (Lipinski definition) is 0. The van der Waals surface area contributed by atoms with Gasteiger partial charge in [0.25, 0.3) is 0 Å². The molecule has 0 unspecified atom stereocenters. The quantitative estimate of drug-likeness (QED) is 0.801. The van der Waals surface area contributed by atoms with Crippen LogP contribution in [0.2, 0.25) is 0 Å². The number of nitrogens with zero attached hydrogens (tertiary/aromatic N) is 2. The van der Waals surface area contributed by atoms with Crippen LogP contribution in [0.4, 0.5) is 0 Å². The number of hydrogen-bond acceptors (Lipinski definition) is 2. The van der Waals surface area contributed by atoms with E-state index in [-0.39, 0.29) is 5.91 Å². The Kier molecular flexibility index (Phi) is 5.16. The lowest BCUT2D eigenvalue weighted by Gasteiger charge is -2.33. The third-order valence-corrected chi connectivity index (χ3v) is 5.35. The molecule has 0 aromatic rings. The Balaban J connectivity index is 1.46. The summed E-state index contributed by atoms with van der Waals surface area (Å²) in [5.41, 5.74) is 1.02. The summed E-state index contributed by atoms with van der Waals surface area (Å²) in [6, 6.07) is 0. The van der Waals surface area contributed by atoms with Crippen LogP contribution in [-0.2, 0) is 9.59 Å². The molecule has 1 atom stereocenters. The van der Waals surface area contributed by atoms with Crippen molar-refractivity contribution in [3.8, 4) is 0 Å². The van der Waals surface area contributed by atoms with Crippen LogP contribution in [0, 0.1) is 5.92 Å². The van der Waals surface area contributed by atoms with E-state index in [0.29, 0.717) is 18.2 Å². The Morgan fingerprint density at radius 2 is 1.82 bits per heavy atom. The van der Waals surface area contributed by atoms with E-state index in [1.807, 2.05) is 9.80 Å². The molecular formula is C18H28N2O2. The molecule has 122 valence electrons. The monoisotopic (exact) mass is 304 g/mol. The van der Waals surface area contributed by atoms with Gasteiger partial charge in [0.05, 0.1) is 0 Å². The lowest BCUT2D eigenvalue weighted by atomic mass is 9.92. The molecule has 2 amide bonds. The second-order valence-corrected chi connectivity index (χ2v) is 7.01. The fraction of sp³-hybridized carbons (Fsp3) is 0.778. The zero-order chi connectivity index (χ0) is 15.4. The summed E-state index contributed by atoms with van der Waals surface area (Å²) in [6.07, 6.45) is 11.4. The van der Waals surface area contributed by atoms with E-state index in [1.165, 1.54) is 0 Å². The Hall–Kier alpha value is -1.32. The minimum absolute atomic E-state index is 0.257. The highest BCUT2D eigenvalue weighted by atomic mass is 16.2. The van der Waals surface area contributed by atoms with E-state index in [0.717, 1.165) is 83.1 Å². The molecule has 0 aromatic heterocycles. The second-order valence-electron chi connectivity index (χ2n) is 7.01.